The molecule has 0 unspecified atom stereocenters. The smallest absolute Gasteiger partial charge is 0.220 e. The number of hydrogen-bond donors (Lipinski definition) is 2. The predicted molar refractivity (Wildman–Crippen MR) is 111 cm³/mol. The molecule has 2 heterocycles. The van der Waals surface area contributed by atoms with E-state index in [1.165, 1.54) is 5.56 Å². The minimum absolute atomic E-state index is 0. The van der Waals surface area contributed by atoms with E-state index in [1.807, 2.05) is 25.0 Å². The second-order valence-corrected chi connectivity index (χ2v) is 6.41. The van der Waals surface area contributed by atoms with Crippen LogP contribution in [0.25, 0.3) is 0 Å². The summed E-state index contributed by atoms with van der Waals surface area (Å²) in [4.78, 5) is 18.2. The average molecular weight is 462 g/mol. The second kappa shape index (κ2) is 11.3. The van der Waals surface area contributed by atoms with E-state index in [-0.39, 0.29) is 29.9 Å². The Hall–Kier alpha value is -1.32. The summed E-state index contributed by atoms with van der Waals surface area (Å²) in [6.45, 7) is 2.83. The molecule has 1 fully saturated rings. The molecule has 0 radical (unpaired) electrons. The van der Waals surface area contributed by atoms with E-state index in [2.05, 4.69) is 31.8 Å². The Morgan fingerprint density at radius 2 is 2.12 bits per heavy atom. The van der Waals surface area contributed by atoms with Gasteiger partial charge in [0.2, 0.25) is 5.91 Å². The first-order chi connectivity index (χ1) is 11.6. The zero-order valence-corrected chi connectivity index (χ0v) is 17.8. The number of nitrogens with zero attached hydrogens (tertiary/aromatic N) is 4. The molecule has 2 rings (SSSR count). The zero-order chi connectivity index (χ0) is 17.4. The van der Waals surface area contributed by atoms with E-state index >= 15 is 0 Å². The largest absolute Gasteiger partial charge is 0.359 e. The van der Waals surface area contributed by atoms with Crippen molar-refractivity contribution in [3.63, 3.8) is 0 Å². The van der Waals surface area contributed by atoms with Crippen LogP contribution in [0.3, 0.4) is 0 Å². The SMILES string of the molecule is CN=C(NCCCc1cnn(C)c1)N1CCC(CC(=O)NC)CC1.I. The van der Waals surface area contributed by atoms with Crippen LogP contribution in [0.15, 0.2) is 17.4 Å². The van der Waals surface area contributed by atoms with E-state index < -0.39 is 0 Å². The summed E-state index contributed by atoms with van der Waals surface area (Å²) in [6, 6.07) is 0. The van der Waals surface area contributed by atoms with Gasteiger partial charge in [-0.15, -0.1) is 24.0 Å². The number of guanidine groups is 1. The molecule has 0 aromatic carbocycles. The summed E-state index contributed by atoms with van der Waals surface area (Å²) in [5, 5.41) is 10.4. The maximum atomic E-state index is 11.5. The molecule has 0 spiro atoms. The van der Waals surface area contributed by atoms with E-state index in [4.69, 9.17) is 0 Å². The van der Waals surface area contributed by atoms with Crippen molar-refractivity contribution in [3.8, 4) is 0 Å². The summed E-state index contributed by atoms with van der Waals surface area (Å²) in [5.41, 5.74) is 1.27. The zero-order valence-electron chi connectivity index (χ0n) is 15.5. The van der Waals surface area contributed by atoms with Gasteiger partial charge >= 0.3 is 0 Å². The summed E-state index contributed by atoms with van der Waals surface area (Å²) in [7, 11) is 5.48. The lowest BCUT2D eigenvalue weighted by atomic mass is 9.93. The van der Waals surface area contributed by atoms with Crippen LogP contribution in [0.4, 0.5) is 0 Å². The molecule has 0 aliphatic carbocycles. The van der Waals surface area contributed by atoms with Crippen molar-refractivity contribution in [1.29, 1.82) is 0 Å². The molecule has 7 nitrogen and oxygen atoms in total. The van der Waals surface area contributed by atoms with E-state index in [0.29, 0.717) is 12.3 Å². The van der Waals surface area contributed by atoms with Crippen LogP contribution in [-0.4, -0.2) is 60.3 Å². The summed E-state index contributed by atoms with van der Waals surface area (Å²) in [5.74, 6) is 1.61. The lowest BCUT2D eigenvalue weighted by molar-refractivity contribution is -0.121. The van der Waals surface area contributed by atoms with Crippen LogP contribution >= 0.6 is 24.0 Å². The summed E-state index contributed by atoms with van der Waals surface area (Å²) >= 11 is 0. The molecular weight excluding hydrogens is 431 g/mol. The van der Waals surface area contributed by atoms with Crippen molar-refractivity contribution in [2.24, 2.45) is 18.0 Å². The molecule has 1 aliphatic heterocycles. The van der Waals surface area contributed by atoms with Crippen molar-refractivity contribution in [1.82, 2.24) is 25.3 Å². The number of aliphatic imine (C=N–C) groups is 1. The van der Waals surface area contributed by atoms with Crippen LogP contribution in [0.5, 0.6) is 0 Å². The standard InChI is InChI=1S/C17H30N6O.HI/c1-18-16(24)11-14-6-9-23(10-7-14)17(19-2)20-8-4-5-15-12-21-22(3)13-15;/h12-14H,4-11H2,1-3H3,(H,18,24)(H,19,20);1H. The number of hydrogen-bond acceptors (Lipinski definition) is 3. The molecule has 1 saturated heterocycles. The fourth-order valence-corrected chi connectivity index (χ4v) is 3.14. The van der Waals surface area contributed by atoms with Gasteiger partial charge in [0.05, 0.1) is 6.20 Å². The molecule has 1 aromatic rings. The van der Waals surface area contributed by atoms with Gasteiger partial charge in [-0.25, -0.2) is 0 Å². The normalized spacial score (nSPS) is 15.6. The van der Waals surface area contributed by atoms with E-state index in [9.17, 15) is 4.79 Å². The quantitative estimate of drug-likeness (QED) is 0.290. The van der Waals surface area contributed by atoms with Crippen LogP contribution in [-0.2, 0) is 18.3 Å². The number of halogens is 1. The number of carbonyl (C=O) groups excluding carboxylic acids is 1. The number of nitrogens with one attached hydrogen (secondary N) is 2. The summed E-state index contributed by atoms with van der Waals surface area (Å²) in [6.07, 6.45) is 8.79. The Labute approximate surface area is 167 Å². The fourth-order valence-electron chi connectivity index (χ4n) is 3.14. The first-order valence-corrected chi connectivity index (χ1v) is 8.76. The Morgan fingerprint density at radius 3 is 2.68 bits per heavy atom. The monoisotopic (exact) mass is 462 g/mol. The van der Waals surface area contributed by atoms with Gasteiger partial charge in [-0.3, -0.25) is 14.5 Å². The first-order valence-electron chi connectivity index (χ1n) is 8.76. The van der Waals surface area contributed by atoms with E-state index in [0.717, 1.165) is 51.3 Å². The van der Waals surface area contributed by atoms with Gasteiger partial charge in [-0.1, -0.05) is 0 Å². The van der Waals surface area contributed by atoms with Crippen LogP contribution < -0.4 is 10.6 Å². The van der Waals surface area contributed by atoms with Gasteiger partial charge in [0.1, 0.15) is 0 Å². The van der Waals surface area contributed by atoms with Gasteiger partial charge in [-0.2, -0.15) is 5.10 Å². The molecule has 0 atom stereocenters. The number of rotatable bonds is 6. The fraction of sp³-hybridized carbons (Fsp3) is 0.706. The Kier molecular flexibility index (Phi) is 9.84. The van der Waals surface area contributed by atoms with Gasteiger partial charge in [0.15, 0.2) is 5.96 Å². The number of aryl methyl sites for hydroxylation is 2. The van der Waals surface area contributed by atoms with Gasteiger partial charge in [-0.05, 0) is 37.2 Å². The number of carbonyl (C=O) groups is 1. The number of piperidine rings is 1. The molecule has 8 heteroatoms. The molecule has 2 N–H and O–H groups in total. The maximum absolute atomic E-state index is 11.5. The van der Waals surface area contributed by atoms with Crippen molar-refractivity contribution < 1.29 is 4.79 Å². The third-order valence-electron chi connectivity index (χ3n) is 4.56. The molecular formula is C17H31IN6O. The van der Waals surface area contributed by atoms with Crippen LogP contribution in [0.2, 0.25) is 0 Å². The lowest BCUT2D eigenvalue weighted by Crippen LogP contribution is -2.46. The van der Waals surface area contributed by atoms with Crippen molar-refractivity contribution in [2.45, 2.75) is 32.1 Å². The van der Waals surface area contributed by atoms with Gasteiger partial charge < -0.3 is 15.5 Å². The Bertz CT molecular complexity index is 551. The molecule has 25 heavy (non-hydrogen) atoms. The Morgan fingerprint density at radius 1 is 1.40 bits per heavy atom. The first kappa shape index (κ1) is 21.7. The number of likely N-dealkylation sites (tertiary alicyclic amines) is 1. The highest BCUT2D eigenvalue weighted by Crippen LogP contribution is 2.20. The third kappa shape index (κ3) is 7.21. The average Bonchev–Trinajstić information content (AvgIpc) is 3.01. The molecule has 1 aromatic heterocycles. The topological polar surface area (TPSA) is 74.5 Å². The number of aromatic nitrogens is 2. The van der Waals surface area contributed by atoms with Crippen molar-refractivity contribution in [3.05, 3.63) is 18.0 Å². The molecule has 1 aliphatic rings. The molecule has 142 valence electrons. The minimum Gasteiger partial charge on any atom is -0.359 e. The number of amides is 1. The highest BCUT2D eigenvalue weighted by molar-refractivity contribution is 14.0. The highest BCUT2D eigenvalue weighted by Gasteiger charge is 2.22. The molecule has 0 saturated carbocycles. The highest BCUT2D eigenvalue weighted by atomic mass is 127. The predicted octanol–water partition coefficient (Wildman–Crippen LogP) is 1.39. The van der Waals surface area contributed by atoms with Crippen LogP contribution in [0, 0.1) is 5.92 Å². The van der Waals surface area contributed by atoms with Crippen molar-refractivity contribution >= 4 is 35.8 Å². The molecule has 0 bridgehead atoms. The van der Waals surface area contributed by atoms with Crippen LogP contribution in [0.1, 0.15) is 31.2 Å². The van der Waals surface area contributed by atoms with Gasteiger partial charge in [0.25, 0.3) is 0 Å². The minimum atomic E-state index is 0. The lowest BCUT2D eigenvalue weighted by Gasteiger charge is -2.34. The van der Waals surface area contributed by atoms with E-state index in [1.54, 1.807) is 7.05 Å². The van der Waals surface area contributed by atoms with Crippen molar-refractivity contribution in [2.75, 3.05) is 33.7 Å². The summed E-state index contributed by atoms with van der Waals surface area (Å²) < 4.78 is 1.84. The Balaban J connectivity index is 0.00000312. The maximum Gasteiger partial charge on any atom is 0.220 e. The second-order valence-electron chi connectivity index (χ2n) is 6.41. The molecule has 1 amide bonds. The van der Waals surface area contributed by atoms with Gasteiger partial charge in [0, 0.05) is 53.4 Å². The third-order valence-corrected chi connectivity index (χ3v) is 4.56.